The predicted molar refractivity (Wildman–Crippen MR) is 93.2 cm³/mol. The molecule has 2 aromatic rings. The molecule has 3 rings (SSSR count). The molecule has 5 nitrogen and oxygen atoms in total. The van der Waals surface area contributed by atoms with E-state index < -0.39 is 0 Å². The Kier molecular flexibility index (Phi) is 5.46. The molecule has 2 aromatic carbocycles. The van der Waals surface area contributed by atoms with E-state index in [1.807, 2.05) is 42.5 Å². The molecule has 0 spiro atoms. The van der Waals surface area contributed by atoms with Crippen LogP contribution in [0.4, 0.5) is 5.69 Å². The number of rotatable bonds is 5. The van der Waals surface area contributed by atoms with Crippen molar-refractivity contribution in [3.05, 3.63) is 60.2 Å². The van der Waals surface area contributed by atoms with Crippen LogP contribution in [0.15, 0.2) is 54.6 Å². The summed E-state index contributed by atoms with van der Waals surface area (Å²) in [4.78, 5) is 14.6. The van der Waals surface area contributed by atoms with Gasteiger partial charge in [-0.2, -0.15) is 0 Å². The van der Waals surface area contributed by atoms with E-state index in [1.54, 1.807) is 7.11 Å². The summed E-state index contributed by atoms with van der Waals surface area (Å²) in [6.45, 7) is 2.35. The van der Waals surface area contributed by atoms with E-state index in [-0.39, 0.29) is 11.9 Å². The maximum atomic E-state index is 12.4. The van der Waals surface area contributed by atoms with Gasteiger partial charge in [0, 0.05) is 12.2 Å². The van der Waals surface area contributed by atoms with Gasteiger partial charge in [0.15, 0.2) is 0 Å². The lowest BCUT2D eigenvalue weighted by Crippen LogP contribution is -2.43. The first-order valence-electron chi connectivity index (χ1n) is 8.07. The fourth-order valence-corrected chi connectivity index (χ4v) is 2.87. The van der Waals surface area contributed by atoms with E-state index in [4.69, 9.17) is 9.47 Å². The van der Waals surface area contributed by atoms with E-state index in [1.165, 1.54) is 5.56 Å². The average molecular weight is 326 g/mol. The van der Waals surface area contributed by atoms with E-state index >= 15 is 0 Å². The van der Waals surface area contributed by atoms with Crippen molar-refractivity contribution in [3.63, 3.8) is 0 Å². The number of ether oxygens (including phenoxy) is 2. The molecule has 0 radical (unpaired) electrons. The van der Waals surface area contributed by atoms with Crippen molar-refractivity contribution in [2.24, 2.45) is 0 Å². The van der Waals surface area contributed by atoms with Gasteiger partial charge in [0.25, 0.3) is 0 Å². The average Bonchev–Trinajstić information content (AvgIpc) is 2.63. The predicted octanol–water partition coefficient (Wildman–Crippen LogP) is 2.71. The van der Waals surface area contributed by atoms with Gasteiger partial charge in [-0.15, -0.1) is 0 Å². The van der Waals surface area contributed by atoms with Gasteiger partial charge < -0.3 is 14.8 Å². The molecule has 1 aliphatic heterocycles. The van der Waals surface area contributed by atoms with Crippen molar-refractivity contribution < 1.29 is 14.3 Å². The maximum absolute atomic E-state index is 12.4. The van der Waals surface area contributed by atoms with Gasteiger partial charge in [0.05, 0.1) is 32.9 Å². The number of nitrogens with one attached hydrogen (secondary N) is 1. The normalized spacial score (nSPS) is 18.1. The van der Waals surface area contributed by atoms with Crippen LogP contribution in [0.3, 0.4) is 0 Å². The molecule has 1 amide bonds. The first-order valence-corrected chi connectivity index (χ1v) is 8.07. The van der Waals surface area contributed by atoms with Gasteiger partial charge >= 0.3 is 0 Å². The Morgan fingerprint density at radius 3 is 2.67 bits per heavy atom. The fourth-order valence-electron chi connectivity index (χ4n) is 2.87. The van der Waals surface area contributed by atoms with Crippen molar-refractivity contribution in [1.82, 2.24) is 4.90 Å². The minimum atomic E-state index is -0.0250. The molecule has 1 saturated heterocycles. The van der Waals surface area contributed by atoms with E-state index in [0.29, 0.717) is 19.8 Å². The number of benzene rings is 2. The van der Waals surface area contributed by atoms with Gasteiger partial charge in [-0.1, -0.05) is 30.3 Å². The molecule has 1 aliphatic rings. The molecule has 0 aliphatic carbocycles. The summed E-state index contributed by atoms with van der Waals surface area (Å²) in [5.41, 5.74) is 1.94. The van der Waals surface area contributed by atoms with E-state index in [0.717, 1.165) is 18.0 Å². The Bertz CT molecular complexity index is 658. The van der Waals surface area contributed by atoms with Crippen molar-refractivity contribution in [3.8, 4) is 5.75 Å². The zero-order chi connectivity index (χ0) is 16.8. The fraction of sp³-hybridized carbons (Fsp3) is 0.316. The molecular formula is C19H22N2O3. The number of carbonyl (C=O) groups excluding carboxylic acids is 1. The molecule has 1 unspecified atom stereocenters. The van der Waals surface area contributed by atoms with Crippen LogP contribution in [0.1, 0.15) is 11.6 Å². The highest BCUT2D eigenvalue weighted by Gasteiger charge is 2.26. The molecule has 5 heteroatoms. The van der Waals surface area contributed by atoms with Gasteiger partial charge in [-0.25, -0.2) is 0 Å². The van der Waals surface area contributed by atoms with Crippen LogP contribution in [0, 0.1) is 0 Å². The third-order valence-electron chi connectivity index (χ3n) is 4.14. The lowest BCUT2D eigenvalue weighted by atomic mass is 10.1. The van der Waals surface area contributed by atoms with Gasteiger partial charge in [0.1, 0.15) is 5.75 Å². The van der Waals surface area contributed by atoms with E-state index in [2.05, 4.69) is 22.3 Å². The number of hydrogen-bond acceptors (Lipinski definition) is 4. The maximum Gasteiger partial charge on any atom is 0.238 e. The van der Waals surface area contributed by atoms with Crippen LogP contribution >= 0.6 is 0 Å². The molecule has 1 atom stereocenters. The van der Waals surface area contributed by atoms with Crippen LogP contribution in [0.5, 0.6) is 5.75 Å². The zero-order valence-corrected chi connectivity index (χ0v) is 13.8. The summed E-state index contributed by atoms with van der Waals surface area (Å²) in [5.74, 6) is 0.744. The van der Waals surface area contributed by atoms with Crippen molar-refractivity contribution in [1.29, 1.82) is 0 Å². The van der Waals surface area contributed by atoms with Gasteiger partial charge in [0.2, 0.25) is 5.91 Å². The number of methoxy groups -OCH3 is 1. The molecule has 0 saturated carbocycles. The largest absolute Gasteiger partial charge is 0.497 e. The van der Waals surface area contributed by atoms with Gasteiger partial charge in [-0.3, -0.25) is 9.69 Å². The Labute approximate surface area is 142 Å². The lowest BCUT2D eigenvalue weighted by molar-refractivity contribution is -0.119. The molecular weight excluding hydrogens is 304 g/mol. The molecule has 0 aromatic heterocycles. The Balaban J connectivity index is 1.63. The summed E-state index contributed by atoms with van der Waals surface area (Å²) >= 11 is 0. The van der Waals surface area contributed by atoms with Crippen molar-refractivity contribution in [2.45, 2.75) is 6.04 Å². The second-order valence-corrected chi connectivity index (χ2v) is 5.75. The first-order chi connectivity index (χ1) is 11.8. The smallest absolute Gasteiger partial charge is 0.238 e. The summed E-state index contributed by atoms with van der Waals surface area (Å²) < 4.78 is 10.7. The third kappa shape index (κ3) is 4.13. The van der Waals surface area contributed by atoms with Crippen LogP contribution in [0.25, 0.3) is 0 Å². The van der Waals surface area contributed by atoms with Crippen LogP contribution < -0.4 is 10.1 Å². The summed E-state index contributed by atoms with van der Waals surface area (Å²) in [5, 5.41) is 2.94. The van der Waals surface area contributed by atoms with Crippen LogP contribution in [-0.2, 0) is 9.53 Å². The lowest BCUT2D eigenvalue weighted by Gasteiger charge is -2.35. The second-order valence-electron chi connectivity index (χ2n) is 5.75. The number of anilines is 1. The number of hydrogen-bond donors (Lipinski definition) is 1. The Morgan fingerprint density at radius 1 is 1.21 bits per heavy atom. The number of carbonyl (C=O) groups is 1. The molecule has 24 heavy (non-hydrogen) atoms. The van der Waals surface area contributed by atoms with Crippen LogP contribution in [-0.4, -0.2) is 44.2 Å². The molecule has 1 N–H and O–H groups in total. The highest BCUT2D eigenvalue weighted by Crippen LogP contribution is 2.24. The summed E-state index contributed by atoms with van der Waals surface area (Å²) in [6, 6.07) is 17.6. The van der Waals surface area contributed by atoms with E-state index in [9.17, 15) is 4.79 Å². The van der Waals surface area contributed by atoms with Crippen LogP contribution in [0.2, 0.25) is 0 Å². The highest BCUT2D eigenvalue weighted by molar-refractivity contribution is 5.92. The van der Waals surface area contributed by atoms with Crippen molar-refractivity contribution in [2.75, 3.05) is 38.7 Å². The highest BCUT2D eigenvalue weighted by atomic mass is 16.5. The monoisotopic (exact) mass is 326 g/mol. The standard InChI is InChI=1S/C19H22N2O3/c1-23-17-9-7-16(8-10-17)20-19(22)13-21-11-12-24-14-18(21)15-5-3-2-4-6-15/h2-10,18H,11-14H2,1H3,(H,20,22). The summed E-state index contributed by atoms with van der Waals surface area (Å²) in [7, 11) is 1.62. The Hall–Kier alpha value is -2.37. The minimum absolute atomic E-state index is 0.0250. The summed E-state index contributed by atoms with van der Waals surface area (Å²) in [6.07, 6.45) is 0. The molecule has 1 heterocycles. The first kappa shape index (κ1) is 16.5. The quantitative estimate of drug-likeness (QED) is 0.918. The molecule has 0 bridgehead atoms. The second kappa shape index (κ2) is 7.95. The zero-order valence-electron chi connectivity index (χ0n) is 13.8. The van der Waals surface area contributed by atoms with Gasteiger partial charge in [-0.05, 0) is 29.8 Å². The minimum Gasteiger partial charge on any atom is -0.497 e. The number of amides is 1. The van der Waals surface area contributed by atoms with Crippen molar-refractivity contribution >= 4 is 11.6 Å². The Morgan fingerprint density at radius 2 is 1.96 bits per heavy atom. The number of morpholine rings is 1. The topological polar surface area (TPSA) is 50.8 Å². The third-order valence-corrected chi connectivity index (χ3v) is 4.14. The molecule has 126 valence electrons. The molecule has 1 fully saturated rings. The SMILES string of the molecule is COc1ccc(NC(=O)CN2CCOCC2c2ccccc2)cc1. The number of nitrogens with zero attached hydrogens (tertiary/aromatic N) is 1.